The fraction of sp³-hybridized carbons (Fsp3) is 0.800. The summed E-state index contributed by atoms with van der Waals surface area (Å²) in [4.78, 5) is 29.4. The van der Waals surface area contributed by atoms with Gasteiger partial charge in [0.15, 0.2) is 0 Å². The van der Waals surface area contributed by atoms with Gasteiger partial charge in [-0.25, -0.2) is 0 Å². The van der Waals surface area contributed by atoms with Crippen molar-refractivity contribution in [1.82, 2.24) is 9.80 Å². The molecule has 2 aliphatic heterocycles. The minimum atomic E-state index is -0.138. The maximum atomic E-state index is 12.4. The third kappa shape index (κ3) is 8.44. The first-order chi connectivity index (χ1) is 16.5. The summed E-state index contributed by atoms with van der Waals surface area (Å²) < 4.78 is 11.4. The Labute approximate surface area is 220 Å². The molecule has 2 aliphatic rings. The van der Waals surface area contributed by atoms with Crippen LogP contribution in [-0.2, 0) is 19.1 Å². The summed E-state index contributed by atoms with van der Waals surface area (Å²) in [5, 5.41) is 0. The first kappa shape index (κ1) is 30.6. The van der Waals surface area contributed by atoms with Gasteiger partial charge in [-0.05, 0) is 94.5 Å². The summed E-state index contributed by atoms with van der Waals surface area (Å²) in [6.45, 7) is 17.3. The molecule has 6 heteroatoms. The number of likely N-dealkylation sites (N-methyl/N-ethyl adjacent to an activating group) is 2. The molecule has 0 saturated heterocycles. The molecule has 36 heavy (non-hydrogen) atoms. The van der Waals surface area contributed by atoms with Crippen molar-refractivity contribution >= 4 is 11.9 Å². The number of carbonyl (C=O) groups is 2. The molecular formula is C30H52N2O4. The van der Waals surface area contributed by atoms with E-state index in [2.05, 4.69) is 91.4 Å². The monoisotopic (exact) mass is 504 g/mol. The summed E-state index contributed by atoms with van der Waals surface area (Å²) in [5.41, 5.74) is -0.364. The zero-order valence-electron chi connectivity index (χ0n) is 24.8. The van der Waals surface area contributed by atoms with Crippen LogP contribution in [0.15, 0.2) is 23.7 Å². The van der Waals surface area contributed by atoms with Gasteiger partial charge in [0.1, 0.15) is 11.5 Å². The van der Waals surface area contributed by atoms with Gasteiger partial charge in [-0.1, -0.05) is 25.7 Å². The molecule has 0 amide bonds. The van der Waals surface area contributed by atoms with Gasteiger partial charge < -0.3 is 9.47 Å². The van der Waals surface area contributed by atoms with E-state index in [9.17, 15) is 9.59 Å². The highest BCUT2D eigenvalue weighted by Crippen LogP contribution is 2.37. The molecule has 0 aromatic carbocycles. The Bertz CT molecular complexity index is 781. The highest BCUT2D eigenvalue weighted by Gasteiger charge is 2.40. The Morgan fingerprint density at radius 3 is 1.25 bits per heavy atom. The normalized spacial score (nSPS) is 22.9. The maximum Gasteiger partial charge on any atom is 0.310 e. The van der Waals surface area contributed by atoms with Crippen molar-refractivity contribution < 1.29 is 19.1 Å². The van der Waals surface area contributed by atoms with E-state index in [1.807, 2.05) is 0 Å². The molecule has 2 heterocycles. The third-order valence-electron chi connectivity index (χ3n) is 8.29. The van der Waals surface area contributed by atoms with Crippen LogP contribution in [0.3, 0.4) is 0 Å². The van der Waals surface area contributed by atoms with Crippen LogP contribution < -0.4 is 0 Å². The average Bonchev–Trinajstić information content (AvgIpc) is 2.71. The molecule has 0 unspecified atom stereocenters. The Balaban J connectivity index is 1.59. The number of esters is 2. The lowest BCUT2D eigenvalue weighted by Crippen LogP contribution is -2.55. The summed E-state index contributed by atoms with van der Waals surface area (Å²) in [7, 11) is 4.24. The largest absolute Gasteiger partial charge is 0.431 e. The molecule has 6 nitrogen and oxygen atoms in total. The van der Waals surface area contributed by atoms with Crippen LogP contribution in [0.1, 0.15) is 120 Å². The van der Waals surface area contributed by atoms with Gasteiger partial charge in [0.25, 0.3) is 0 Å². The quantitative estimate of drug-likeness (QED) is 0.229. The molecule has 0 saturated carbocycles. The van der Waals surface area contributed by atoms with Crippen LogP contribution >= 0.6 is 0 Å². The van der Waals surface area contributed by atoms with E-state index in [4.69, 9.17) is 9.47 Å². The van der Waals surface area contributed by atoms with E-state index in [0.717, 1.165) is 62.9 Å². The smallest absolute Gasteiger partial charge is 0.310 e. The van der Waals surface area contributed by atoms with E-state index in [0.29, 0.717) is 12.8 Å². The SMILES string of the molecule is CN1C(C)(C)C=C(OC(=O)CCCCCCCCC(=O)OC2=CC(C)(C)N(C)C(C)(C)C2)CC1(C)C. The van der Waals surface area contributed by atoms with Crippen LogP contribution in [0.5, 0.6) is 0 Å². The Kier molecular flexibility index (Phi) is 10.0. The van der Waals surface area contributed by atoms with Crippen LogP contribution in [0.25, 0.3) is 0 Å². The van der Waals surface area contributed by atoms with Crippen molar-refractivity contribution in [2.45, 2.75) is 142 Å². The number of carbonyl (C=O) groups excluding carboxylic acids is 2. The molecule has 0 atom stereocenters. The van der Waals surface area contributed by atoms with E-state index in [1.54, 1.807) is 0 Å². The molecular weight excluding hydrogens is 452 g/mol. The Morgan fingerprint density at radius 2 is 0.944 bits per heavy atom. The third-order valence-corrected chi connectivity index (χ3v) is 8.29. The molecule has 0 fully saturated rings. The standard InChI is InChI=1S/C30H52N2O4/c1-27(2)19-23(20-28(3,4)31(27)9)35-25(33)17-15-13-11-12-14-16-18-26(34)36-24-21-29(5,6)32(10)30(7,8)22-24/h19,21H,11-18,20,22H2,1-10H3. The number of hydrogen-bond donors (Lipinski definition) is 0. The number of rotatable bonds is 11. The summed E-state index contributed by atoms with van der Waals surface area (Å²) >= 11 is 0. The van der Waals surface area contributed by atoms with E-state index in [1.165, 1.54) is 0 Å². The number of nitrogens with zero attached hydrogens (tertiary/aromatic N) is 2. The van der Waals surface area contributed by atoms with E-state index >= 15 is 0 Å². The molecule has 206 valence electrons. The fourth-order valence-corrected chi connectivity index (χ4v) is 5.51. The van der Waals surface area contributed by atoms with E-state index < -0.39 is 0 Å². The number of unbranched alkanes of at least 4 members (excludes halogenated alkanes) is 5. The predicted octanol–water partition coefficient (Wildman–Crippen LogP) is 6.75. The lowest BCUT2D eigenvalue weighted by Gasteiger charge is -2.48. The second-order valence-corrected chi connectivity index (χ2v) is 13.2. The van der Waals surface area contributed by atoms with Crippen molar-refractivity contribution in [3.8, 4) is 0 Å². The summed E-state index contributed by atoms with van der Waals surface area (Å²) in [6.07, 6.45) is 12.4. The van der Waals surface area contributed by atoms with Crippen molar-refractivity contribution in [2.75, 3.05) is 14.1 Å². The summed E-state index contributed by atoms with van der Waals surface area (Å²) in [6, 6.07) is 0. The van der Waals surface area contributed by atoms with Crippen molar-refractivity contribution in [2.24, 2.45) is 0 Å². The van der Waals surface area contributed by atoms with Gasteiger partial charge in [0, 0.05) is 47.8 Å². The van der Waals surface area contributed by atoms with Gasteiger partial charge in [-0.2, -0.15) is 0 Å². The van der Waals surface area contributed by atoms with Crippen LogP contribution in [0.4, 0.5) is 0 Å². The van der Waals surface area contributed by atoms with Gasteiger partial charge in [-0.3, -0.25) is 19.4 Å². The maximum absolute atomic E-state index is 12.4. The second-order valence-electron chi connectivity index (χ2n) is 13.2. The predicted molar refractivity (Wildman–Crippen MR) is 146 cm³/mol. The lowest BCUT2D eigenvalue weighted by molar-refractivity contribution is -0.142. The average molecular weight is 505 g/mol. The van der Waals surface area contributed by atoms with Crippen molar-refractivity contribution in [3.63, 3.8) is 0 Å². The van der Waals surface area contributed by atoms with Crippen LogP contribution in [-0.4, -0.2) is 58.0 Å². The fourth-order valence-electron chi connectivity index (χ4n) is 5.51. The molecule has 0 aliphatic carbocycles. The van der Waals surface area contributed by atoms with Crippen LogP contribution in [0.2, 0.25) is 0 Å². The molecule has 0 radical (unpaired) electrons. The van der Waals surface area contributed by atoms with E-state index in [-0.39, 0.29) is 34.1 Å². The molecule has 0 N–H and O–H groups in total. The molecule has 2 rings (SSSR count). The number of ether oxygens (including phenoxy) is 2. The number of hydrogen-bond acceptors (Lipinski definition) is 6. The Hall–Kier alpha value is -1.66. The zero-order valence-corrected chi connectivity index (χ0v) is 24.8. The topological polar surface area (TPSA) is 59.1 Å². The molecule has 0 aromatic heterocycles. The second kappa shape index (κ2) is 11.8. The van der Waals surface area contributed by atoms with Gasteiger partial charge >= 0.3 is 11.9 Å². The van der Waals surface area contributed by atoms with Gasteiger partial charge in [0.2, 0.25) is 0 Å². The highest BCUT2D eigenvalue weighted by molar-refractivity contribution is 5.71. The first-order valence-corrected chi connectivity index (χ1v) is 13.8. The molecule has 0 bridgehead atoms. The van der Waals surface area contributed by atoms with Gasteiger partial charge in [-0.15, -0.1) is 0 Å². The van der Waals surface area contributed by atoms with Crippen molar-refractivity contribution in [3.05, 3.63) is 23.7 Å². The Morgan fingerprint density at radius 1 is 0.639 bits per heavy atom. The first-order valence-electron chi connectivity index (χ1n) is 13.8. The zero-order chi connectivity index (χ0) is 27.4. The minimum absolute atomic E-state index is 0.0441. The lowest BCUT2D eigenvalue weighted by atomic mass is 9.85. The minimum Gasteiger partial charge on any atom is -0.431 e. The molecule has 0 aromatic rings. The molecule has 0 spiro atoms. The van der Waals surface area contributed by atoms with Gasteiger partial charge in [0.05, 0.1) is 0 Å². The van der Waals surface area contributed by atoms with Crippen LogP contribution in [0, 0.1) is 0 Å². The van der Waals surface area contributed by atoms with Crippen molar-refractivity contribution in [1.29, 1.82) is 0 Å². The summed E-state index contributed by atoms with van der Waals surface area (Å²) in [5.74, 6) is 1.33. The highest BCUT2D eigenvalue weighted by atomic mass is 16.5.